The highest BCUT2D eigenvalue weighted by Crippen LogP contribution is 2.27. The molecular formula is C20H32N2O2. The maximum absolute atomic E-state index is 12.2. The van der Waals surface area contributed by atoms with Crippen LogP contribution in [-0.2, 0) is 22.4 Å². The molecule has 0 saturated heterocycles. The van der Waals surface area contributed by atoms with E-state index >= 15 is 0 Å². The molecule has 0 radical (unpaired) electrons. The fraction of sp³-hybridized carbons (Fsp3) is 0.600. The van der Waals surface area contributed by atoms with Crippen molar-refractivity contribution in [3.05, 3.63) is 29.3 Å². The number of benzene rings is 1. The minimum absolute atomic E-state index is 0.00983. The maximum atomic E-state index is 12.2. The summed E-state index contributed by atoms with van der Waals surface area (Å²) in [6.45, 7) is 9.06. The van der Waals surface area contributed by atoms with Gasteiger partial charge in [0.15, 0.2) is 0 Å². The number of nitrogens with zero attached hydrogens (tertiary/aromatic N) is 1. The van der Waals surface area contributed by atoms with Gasteiger partial charge >= 0.3 is 0 Å². The van der Waals surface area contributed by atoms with Crippen LogP contribution in [0.1, 0.15) is 64.5 Å². The van der Waals surface area contributed by atoms with Crippen LogP contribution in [0.3, 0.4) is 0 Å². The van der Waals surface area contributed by atoms with E-state index in [1.54, 1.807) is 11.8 Å². The lowest BCUT2D eigenvalue weighted by molar-refractivity contribution is -0.121. The van der Waals surface area contributed by atoms with Crippen molar-refractivity contribution in [1.29, 1.82) is 0 Å². The number of hydrogen-bond acceptors (Lipinski definition) is 2. The van der Waals surface area contributed by atoms with Crippen LogP contribution in [0.25, 0.3) is 0 Å². The number of carbonyl (C=O) groups is 2. The number of carbonyl (C=O) groups excluding carboxylic acids is 2. The molecule has 134 valence electrons. The maximum Gasteiger partial charge on any atom is 0.223 e. The third-order valence-electron chi connectivity index (χ3n) is 4.28. The van der Waals surface area contributed by atoms with Gasteiger partial charge in [0.25, 0.3) is 0 Å². The fourth-order valence-electron chi connectivity index (χ4n) is 2.89. The molecule has 0 saturated carbocycles. The quantitative estimate of drug-likeness (QED) is 0.661. The molecule has 0 unspecified atom stereocenters. The molecule has 0 aliphatic carbocycles. The number of amides is 2. The molecule has 0 bridgehead atoms. The number of unbranched alkanes of at least 4 members (excludes halogenated alkanes) is 2. The van der Waals surface area contributed by atoms with Crippen LogP contribution in [0, 0.1) is 0 Å². The smallest absolute Gasteiger partial charge is 0.223 e. The molecule has 0 aliphatic heterocycles. The predicted molar refractivity (Wildman–Crippen MR) is 100 cm³/mol. The van der Waals surface area contributed by atoms with E-state index in [0.29, 0.717) is 13.0 Å². The summed E-state index contributed by atoms with van der Waals surface area (Å²) in [6.07, 6.45) is 5.36. The van der Waals surface area contributed by atoms with Gasteiger partial charge in [0.1, 0.15) is 0 Å². The average molecular weight is 332 g/mol. The highest BCUT2D eigenvalue weighted by Gasteiger charge is 2.18. The molecule has 1 rings (SSSR count). The molecule has 1 aromatic rings. The Kier molecular flexibility index (Phi) is 9.13. The Balaban J connectivity index is 2.78. The summed E-state index contributed by atoms with van der Waals surface area (Å²) in [5, 5.41) is 2.94. The minimum Gasteiger partial charge on any atom is -0.356 e. The third-order valence-corrected chi connectivity index (χ3v) is 4.28. The van der Waals surface area contributed by atoms with E-state index in [4.69, 9.17) is 0 Å². The Morgan fingerprint density at radius 2 is 1.67 bits per heavy atom. The van der Waals surface area contributed by atoms with Crippen LogP contribution in [-0.4, -0.2) is 24.9 Å². The lowest BCUT2D eigenvalue weighted by atomic mass is 10.0. The number of nitrogens with one attached hydrogen (secondary N) is 1. The standard InChI is InChI=1S/C20H32N2O2/c1-5-8-9-14-21-19(24)13-15-22(16(4)23)20-17(6-2)11-10-12-18(20)7-3/h10-12H,5-9,13-15H2,1-4H3,(H,21,24). The molecule has 2 amide bonds. The molecule has 1 aromatic carbocycles. The SMILES string of the molecule is CCCCCNC(=O)CCN(C(C)=O)c1c(CC)cccc1CC. The van der Waals surface area contributed by atoms with E-state index in [1.807, 2.05) is 6.07 Å². The number of aryl methyl sites for hydroxylation is 2. The number of anilines is 1. The molecule has 0 heterocycles. The molecule has 0 fully saturated rings. The molecule has 24 heavy (non-hydrogen) atoms. The normalized spacial score (nSPS) is 10.5. The zero-order valence-corrected chi connectivity index (χ0v) is 15.7. The lowest BCUT2D eigenvalue weighted by Gasteiger charge is -2.26. The van der Waals surface area contributed by atoms with Crippen LogP contribution in [0.2, 0.25) is 0 Å². The van der Waals surface area contributed by atoms with Crippen molar-refractivity contribution in [3.63, 3.8) is 0 Å². The van der Waals surface area contributed by atoms with E-state index in [1.165, 1.54) is 0 Å². The summed E-state index contributed by atoms with van der Waals surface area (Å²) in [5.74, 6) is 0.00811. The van der Waals surface area contributed by atoms with E-state index < -0.39 is 0 Å². The summed E-state index contributed by atoms with van der Waals surface area (Å²) in [4.78, 5) is 26.0. The van der Waals surface area contributed by atoms with Gasteiger partial charge in [-0.25, -0.2) is 0 Å². The van der Waals surface area contributed by atoms with E-state index in [-0.39, 0.29) is 11.8 Å². The van der Waals surface area contributed by atoms with Gasteiger partial charge in [0.2, 0.25) is 11.8 Å². The van der Waals surface area contributed by atoms with Gasteiger partial charge in [-0.2, -0.15) is 0 Å². The van der Waals surface area contributed by atoms with Crippen LogP contribution in [0.4, 0.5) is 5.69 Å². The highest BCUT2D eigenvalue weighted by atomic mass is 16.2. The number of para-hydroxylation sites is 1. The Bertz CT molecular complexity index is 518. The largest absolute Gasteiger partial charge is 0.356 e. The van der Waals surface area contributed by atoms with Gasteiger partial charge in [-0.15, -0.1) is 0 Å². The Morgan fingerprint density at radius 1 is 1.04 bits per heavy atom. The first-order chi connectivity index (χ1) is 11.5. The first-order valence-electron chi connectivity index (χ1n) is 9.20. The Morgan fingerprint density at radius 3 is 2.17 bits per heavy atom. The summed E-state index contributed by atoms with van der Waals surface area (Å²) in [6, 6.07) is 6.17. The molecule has 0 aliphatic rings. The van der Waals surface area contributed by atoms with Gasteiger partial charge in [-0.05, 0) is 30.4 Å². The summed E-state index contributed by atoms with van der Waals surface area (Å²) in [7, 11) is 0. The van der Waals surface area contributed by atoms with Crippen LogP contribution >= 0.6 is 0 Å². The third kappa shape index (κ3) is 5.99. The molecule has 0 aromatic heterocycles. The number of rotatable bonds is 10. The van der Waals surface area contributed by atoms with Gasteiger partial charge in [0, 0.05) is 32.1 Å². The first-order valence-corrected chi connectivity index (χ1v) is 9.20. The van der Waals surface area contributed by atoms with E-state index in [2.05, 4.69) is 38.2 Å². The van der Waals surface area contributed by atoms with Gasteiger partial charge in [-0.3, -0.25) is 9.59 Å². The Hall–Kier alpha value is -1.84. The Labute approximate surface area is 146 Å². The lowest BCUT2D eigenvalue weighted by Crippen LogP contribution is -2.35. The summed E-state index contributed by atoms with van der Waals surface area (Å²) < 4.78 is 0. The number of hydrogen-bond donors (Lipinski definition) is 1. The van der Waals surface area contributed by atoms with Crippen molar-refractivity contribution >= 4 is 17.5 Å². The second-order valence-corrected chi connectivity index (χ2v) is 6.11. The molecule has 0 atom stereocenters. The monoisotopic (exact) mass is 332 g/mol. The van der Waals surface area contributed by atoms with Crippen molar-refractivity contribution in [3.8, 4) is 0 Å². The van der Waals surface area contributed by atoms with E-state index in [0.717, 1.165) is 55.5 Å². The van der Waals surface area contributed by atoms with Crippen molar-refractivity contribution in [2.75, 3.05) is 18.0 Å². The van der Waals surface area contributed by atoms with Crippen molar-refractivity contribution in [2.45, 2.75) is 66.2 Å². The van der Waals surface area contributed by atoms with Crippen LogP contribution < -0.4 is 10.2 Å². The molecule has 4 nitrogen and oxygen atoms in total. The van der Waals surface area contributed by atoms with Crippen LogP contribution in [0.5, 0.6) is 0 Å². The second-order valence-electron chi connectivity index (χ2n) is 6.11. The second kappa shape index (κ2) is 10.8. The first kappa shape index (κ1) is 20.2. The topological polar surface area (TPSA) is 49.4 Å². The molecule has 4 heteroatoms. The van der Waals surface area contributed by atoms with Crippen molar-refractivity contribution < 1.29 is 9.59 Å². The summed E-state index contributed by atoms with van der Waals surface area (Å²) >= 11 is 0. The summed E-state index contributed by atoms with van der Waals surface area (Å²) in [5.41, 5.74) is 3.31. The van der Waals surface area contributed by atoms with Crippen molar-refractivity contribution in [1.82, 2.24) is 5.32 Å². The zero-order chi connectivity index (χ0) is 17.9. The van der Waals surface area contributed by atoms with Gasteiger partial charge in [-0.1, -0.05) is 51.8 Å². The zero-order valence-electron chi connectivity index (χ0n) is 15.7. The highest BCUT2D eigenvalue weighted by molar-refractivity contribution is 5.94. The van der Waals surface area contributed by atoms with Gasteiger partial charge < -0.3 is 10.2 Å². The fourth-order valence-corrected chi connectivity index (χ4v) is 2.89. The molecule has 1 N–H and O–H groups in total. The van der Waals surface area contributed by atoms with Gasteiger partial charge in [0.05, 0.1) is 0 Å². The van der Waals surface area contributed by atoms with E-state index in [9.17, 15) is 9.59 Å². The van der Waals surface area contributed by atoms with Crippen molar-refractivity contribution in [2.24, 2.45) is 0 Å². The predicted octanol–water partition coefficient (Wildman–Crippen LogP) is 3.86. The molecular weight excluding hydrogens is 300 g/mol. The van der Waals surface area contributed by atoms with Crippen LogP contribution in [0.15, 0.2) is 18.2 Å². The average Bonchev–Trinajstić information content (AvgIpc) is 2.58. The minimum atomic E-state index is -0.00983. The molecule has 0 spiro atoms.